The van der Waals surface area contributed by atoms with Gasteiger partial charge in [0.15, 0.2) is 0 Å². The number of nitrogens with zero attached hydrogens (tertiary/aromatic N) is 2. The molecule has 3 aromatic rings. The van der Waals surface area contributed by atoms with Crippen molar-refractivity contribution in [3.63, 3.8) is 0 Å². The average molecular weight is 574 g/mol. The molecule has 1 unspecified atom stereocenters. The molecule has 0 aliphatic carbocycles. The van der Waals surface area contributed by atoms with Crippen LogP contribution < -0.4 is 10.1 Å². The van der Waals surface area contributed by atoms with E-state index in [1.165, 1.54) is 0 Å². The van der Waals surface area contributed by atoms with Crippen LogP contribution in [0.15, 0.2) is 66.9 Å². The van der Waals surface area contributed by atoms with E-state index in [0.29, 0.717) is 52.2 Å². The molecule has 216 valence electrons. The predicted octanol–water partition coefficient (Wildman–Crippen LogP) is 7.21. The van der Waals surface area contributed by atoms with E-state index < -0.39 is 0 Å². The highest BCUT2D eigenvalue weighted by molar-refractivity contribution is 8.26. The van der Waals surface area contributed by atoms with Crippen LogP contribution in [0.25, 0.3) is 0 Å². The summed E-state index contributed by atoms with van der Waals surface area (Å²) in [6.45, 7) is 7.04. The minimum Gasteiger partial charge on any atom is -0.457 e. The monoisotopic (exact) mass is 573 g/mol. The smallest absolute Gasteiger partial charge is 0.251 e. The molecule has 0 saturated carbocycles. The Morgan fingerprint density at radius 1 is 1.12 bits per heavy atom. The summed E-state index contributed by atoms with van der Waals surface area (Å²) in [7, 11) is 0. The van der Waals surface area contributed by atoms with Crippen LogP contribution >= 0.6 is 11.8 Å². The third-order valence-corrected chi connectivity index (χ3v) is 8.00. The number of likely N-dealkylation sites (tertiary alicyclic amines) is 1. The van der Waals surface area contributed by atoms with Crippen molar-refractivity contribution in [1.82, 2.24) is 15.2 Å². The highest BCUT2D eigenvalue weighted by Crippen LogP contribution is 2.30. The Bertz CT molecular complexity index is 1400. The van der Waals surface area contributed by atoms with Gasteiger partial charge in [-0.2, -0.15) is 0 Å². The number of rotatable bonds is 11. The number of pyridine rings is 1. The van der Waals surface area contributed by atoms with Crippen molar-refractivity contribution >= 4 is 33.7 Å². The second kappa shape index (κ2) is 14.1. The van der Waals surface area contributed by atoms with Gasteiger partial charge in [-0.1, -0.05) is 51.1 Å². The molecule has 9 heteroatoms. The summed E-state index contributed by atoms with van der Waals surface area (Å²) in [5.74, 6) is 1.00. The van der Waals surface area contributed by atoms with Gasteiger partial charge in [0.1, 0.15) is 16.5 Å². The summed E-state index contributed by atoms with van der Waals surface area (Å²) in [4.78, 5) is 32.0. The van der Waals surface area contributed by atoms with E-state index in [9.17, 15) is 9.59 Å². The quantitative estimate of drug-likeness (QED) is 0.165. The van der Waals surface area contributed by atoms with Crippen LogP contribution in [0.4, 0.5) is 0 Å². The molecule has 1 aromatic heterocycles. The van der Waals surface area contributed by atoms with Crippen LogP contribution in [0, 0.1) is 16.7 Å². The zero-order valence-electron chi connectivity index (χ0n) is 23.8. The molecular formula is C32H39N5O3S. The minimum atomic E-state index is -0.226. The fourth-order valence-electron chi connectivity index (χ4n) is 4.49. The van der Waals surface area contributed by atoms with Crippen molar-refractivity contribution in [2.45, 2.75) is 59.0 Å². The first-order chi connectivity index (χ1) is 19.7. The zero-order valence-corrected chi connectivity index (χ0v) is 24.6. The molecule has 41 heavy (non-hydrogen) atoms. The van der Waals surface area contributed by atoms with Crippen LogP contribution in [-0.4, -0.2) is 38.3 Å². The number of benzene rings is 2. The van der Waals surface area contributed by atoms with Crippen molar-refractivity contribution in [2.75, 3.05) is 6.54 Å². The Kier molecular flexibility index (Phi) is 10.3. The molecule has 2 aromatic carbocycles. The standard InChI is InChI=1S/C32H37N5O3S.H2/c1-4-8-27(26-9-5-6-17-35-26)36-32(39)23-11-12-24(20-37-18-7-10-29(37)38)28(19-23)40-25-15-13-22(14-16-25)31(34)41-30(33)21(2)3;/h5-6,9,11-17,19,21,27,33-34H,4,7-8,10,18,20H2,1-3H3,(H,36,39);1H. The van der Waals surface area contributed by atoms with Gasteiger partial charge < -0.3 is 15.0 Å². The minimum absolute atomic E-state index is 0. The molecule has 1 atom stereocenters. The molecule has 0 spiro atoms. The van der Waals surface area contributed by atoms with E-state index in [4.69, 9.17) is 15.6 Å². The van der Waals surface area contributed by atoms with E-state index in [1.54, 1.807) is 42.6 Å². The van der Waals surface area contributed by atoms with Gasteiger partial charge in [0.05, 0.1) is 16.8 Å². The lowest BCUT2D eigenvalue weighted by Gasteiger charge is -2.20. The number of aromatic nitrogens is 1. The molecule has 2 heterocycles. The van der Waals surface area contributed by atoms with Crippen LogP contribution in [0.2, 0.25) is 0 Å². The second-order valence-corrected chi connectivity index (χ2v) is 11.4. The summed E-state index contributed by atoms with van der Waals surface area (Å²) in [6.07, 6.45) is 4.76. The second-order valence-electron chi connectivity index (χ2n) is 10.4. The summed E-state index contributed by atoms with van der Waals surface area (Å²) >= 11 is 1.14. The van der Waals surface area contributed by atoms with E-state index in [2.05, 4.69) is 17.2 Å². The lowest BCUT2D eigenvalue weighted by molar-refractivity contribution is -0.128. The number of thioether (sulfide) groups is 1. The maximum Gasteiger partial charge on any atom is 0.251 e. The molecule has 1 saturated heterocycles. The van der Waals surface area contributed by atoms with Crippen molar-refractivity contribution in [2.24, 2.45) is 5.92 Å². The van der Waals surface area contributed by atoms with Gasteiger partial charge in [-0.15, -0.1) is 0 Å². The van der Waals surface area contributed by atoms with Crippen molar-refractivity contribution in [3.8, 4) is 11.5 Å². The summed E-state index contributed by atoms with van der Waals surface area (Å²) in [6, 6.07) is 18.0. The Labute approximate surface area is 247 Å². The SMILES string of the molecule is CCCC(NC(=O)c1ccc(CN2CCCC2=O)c(Oc2ccc(C(=N)SC(=N)C(C)C)cc2)c1)c1ccccn1.[HH]. The molecule has 1 fully saturated rings. The van der Waals surface area contributed by atoms with Crippen LogP contribution in [-0.2, 0) is 11.3 Å². The third kappa shape index (κ3) is 8.04. The maximum absolute atomic E-state index is 13.4. The number of nitrogens with one attached hydrogen (secondary N) is 3. The lowest BCUT2D eigenvalue weighted by atomic mass is 10.1. The van der Waals surface area contributed by atoms with Gasteiger partial charge >= 0.3 is 0 Å². The number of hydrogen-bond donors (Lipinski definition) is 3. The molecule has 3 N–H and O–H groups in total. The Balaban J connectivity index is 0.00000484. The molecule has 1 aliphatic rings. The number of hydrogen-bond acceptors (Lipinski definition) is 7. The first-order valence-corrected chi connectivity index (χ1v) is 14.8. The fourth-order valence-corrected chi connectivity index (χ4v) is 5.20. The highest BCUT2D eigenvalue weighted by Gasteiger charge is 2.23. The van der Waals surface area contributed by atoms with Gasteiger partial charge in [0.25, 0.3) is 5.91 Å². The predicted molar refractivity (Wildman–Crippen MR) is 166 cm³/mol. The first-order valence-electron chi connectivity index (χ1n) is 14.0. The maximum atomic E-state index is 13.4. The normalized spacial score (nSPS) is 13.8. The zero-order chi connectivity index (χ0) is 29.4. The Morgan fingerprint density at radius 2 is 1.88 bits per heavy atom. The van der Waals surface area contributed by atoms with E-state index in [-0.39, 0.29) is 25.2 Å². The first kappa shape index (κ1) is 30.0. The van der Waals surface area contributed by atoms with Crippen molar-refractivity contribution in [1.29, 1.82) is 10.8 Å². The van der Waals surface area contributed by atoms with Gasteiger partial charge in [-0.05, 0) is 61.4 Å². The average Bonchev–Trinajstić information content (AvgIpc) is 3.38. The number of ether oxygens (including phenoxy) is 1. The van der Waals surface area contributed by atoms with Crippen molar-refractivity contribution in [3.05, 3.63) is 89.2 Å². The van der Waals surface area contributed by atoms with E-state index >= 15 is 0 Å². The van der Waals surface area contributed by atoms with Crippen molar-refractivity contribution < 1.29 is 15.8 Å². The molecular weight excluding hydrogens is 534 g/mol. The van der Waals surface area contributed by atoms with Crippen LogP contribution in [0.1, 0.15) is 81.1 Å². The molecule has 0 bridgehead atoms. The third-order valence-electron chi connectivity index (χ3n) is 6.87. The van der Waals surface area contributed by atoms with Gasteiger partial charge in [0.2, 0.25) is 5.91 Å². The summed E-state index contributed by atoms with van der Waals surface area (Å²) in [5.41, 5.74) is 2.77. The topological polar surface area (TPSA) is 119 Å². The summed E-state index contributed by atoms with van der Waals surface area (Å²) < 4.78 is 6.29. The molecule has 0 radical (unpaired) electrons. The number of carbonyl (C=O) groups is 2. The fraction of sp³-hybridized carbons (Fsp3) is 0.344. The number of amides is 2. The van der Waals surface area contributed by atoms with Crippen LogP contribution in [0.3, 0.4) is 0 Å². The number of carbonyl (C=O) groups excluding carboxylic acids is 2. The van der Waals surface area contributed by atoms with Crippen LogP contribution in [0.5, 0.6) is 11.5 Å². The molecule has 1 aliphatic heterocycles. The highest BCUT2D eigenvalue weighted by atomic mass is 32.2. The Hall–Kier alpha value is -3.98. The lowest BCUT2D eigenvalue weighted by Crippen LogP contribution is -2.29. The molecule has 8 nitrogen and oxygen atoms in total. The van der Waals surface area contributed by atoms with E-state index in [0.717, 1.165) is 42.3 Å². The van der Waals surface area contributed by atoms with Gasteiger partial charge in [-0.3, -0.25) is 25.4 Å². The van der Waals surface area contributed by atoms with Gasteiger partial charge in [0, 0.05) is 49.7 Å². The molecule has 2 amide bonds. The van der Waals surface area contributed by atoms with E-state index in [1.807, 2.05) is 43.0 Å². The largest absolute Gasteiger partial charge is 0.457 e. The summed E-state index contributed by atoms with van der Waals surface area (Å²) in [5, 5.41) is 20.3. The molecule has 4 rings (SSSR count). The Morgan fingerprint density at radius 3 is 2.51 bits per heavy atom. The van der Waals surface area contributed by atoms with Gasteiger partial charge in [-0.25, -0.2) is 0 Å².